The summed E-state index contributed by atoms with van der Waals surface area (Å²) in [6.45, 7) is 9.45. The molecule has 0 bridgehead atoms. The van der Waals surface area contributed by atoms with Crippen LogP contribution in [-0.2, 0) is 34.1 Å². The second-order valence-electron chi connectivity index (χ2n) is 11.9. The number of ether oxygens (including phenoxy) is 2. The molecule has 0 radical (unpaired) electrons. The number of ketones is 1. The Morgan fingerprint density at radius 1 is 1.11 bits per heavy atom. The Bertz CT molecular complexity index is 1480. The zero-order valence-corrected chi connectivity index (χ0v) is 26.2. The number of Topliss-reactive ketones (excluding diaryl/α,β-unsaturated/α-hetero) is 1. The molecule has 1 saturated heterocycles. The highest BCUT2D eigenvalue weighted by atomic mass is 19.2. The number of benzene rings is 2. The minimum Gasteiger partial charge on any atom is -0.482 e. The number of carbonyl (C=O) groups excluding carboxylic acids is 5. The van der Waals surface area contributed by atoms with E-state index in [4.69, 9.17) is 9.47 Å². The highest BCUT2D eigenvalue weighted by Crippen LogP contribution is 2.30. The van der Waals surface area contributed by atoms with Crippen molar-refractivity contribution >= 4 is 35.2 Å². The summed E-state index contributed by atoms with van der Waals surface area (Å²) in [5, 5.41) is 5.12. The maximum Gasteiger partial charge on any atom is 0.313 e. The van der Waals surface area contributed by atoms with Crippen LogP contribution in [0.25, 0.3) is 0 Å². The number of para-hydroxylation sites is 1. The Kier molecular flexibility index (Phi) is 12.1. The van der Waals surface area contributed by atoms with Crippen molar-refractivity contribution in [1.82, 2.24) is 10.2 Å². The van der Waals surface area contributed by atoms with E-state index in [2.05, 4.69) is 17.2 Å². The predicted octanol–water partition coefficient (Wildman–Crippen LogP) is 4.14. The molecule has 0 aromatic heterocycles. The molecule has 248 valence electrons. The van der Waals surface area contributed by atoms with Gasteiger partial charge in [-0.1, -0.05) is 51.6 Å². The van der Waals surface area contributed by atoms with Gasteiger partial charge >= 0.3 is 17.8 Å². The van der Waals surface area contributed by atoms with Crippen LogP contribution in [0.1, 0.15) is 51.2 Å². The van der Waals surface area contributed by atoms with Crippen molar-refractivity contribution in [3.8, 4) is 5.75 Å². The summed E-state index contributed by atoms with van der Waals surface area (Å²) < 4.78 is 51.9. The van der Waals surface area contributed by atoms with Crippen molar-refractivity contribution in [2.75, 3.05) is 31.6 Å². The third-order valence-electron chi connectivity index (χ3n) is 7.42. The van der Waals surface area contributed by atoms with Crippen LogP contribution in [0.2, 0.25) is 0 Å². The van der Waals surface area contributed by atoms with Crippen molar-refractivity contribution in [3.05, 3.63) is 71.6 Å². The van der Waals surface area contributed by atoms with Crippen LogP contribution in [0.4, 0.5) is 18.9 Å². The van der Waals surface area contributed by atoms with Gasteiger partial charge in [-0.05, 0) is 36.8 Å². The lowest BCUT2D eigenvalue weighted by molar-refractivity contribution is -0.146. The van der Waals surface area contributed by atoms with Gasteiger partial charge < -0.3 is 25.0 Å². The summed E-state index contributed by atoms with van der Waals surface area (Å²) in [7, 11) is 0. The maximum absolute atomic E-state index is 14.3. The lowest BCUT2D eigenvalue weighted by Crippen LogP contribution is -2.52. The zero-order chi connectivity index (χ0) is 34.2. The first kappa shape index (κ1) is 35.8. The van der Waals surface area contributed by atoms with Gasteiger partial charge in [-0.3, -0.25) is 24.0 Å². The van der Waals surface area contributed by atoms with Gasteiger partial charge in [0.1, 0.15) is 25.1 Å². The fourth-order valence-electron chi connectivity index (χ4n) is 4.93. The average molecular weight is 646 g/mol. The summed E-state index contributed by atoms with van der Waals surface area (Å²) in [5.74, 6) is -9.97. The van der Waals surface area contributed by atoms with Crippen LogP contribution in [-0.4, -0.2) is 66.7 Å². The third kappa shape index (κ3) is 9.18. The Morgan fingerprint density at radius 2 is 1.80 bits per heavy atom. The SMILES string of the molecule is C=CCOC(=O)C[C@H](NC(=O)[C@H]1CCCN(C(=O)C(=O)Nc2ccccc2C(C)(C)C)C1)C(=O)COc1c(C)c(F)cc(F)c1F. The maximum atomic E-state index is 14.3. The number of anilines is 1. The second-order valence-corrected chi connectivity index (χ2v) is 11.9. The number of nitrogens with one attached hydrogen (secondary N) is 2. The molecular formula is C33H38F3N3O7. The molecule has 2 aromatic carbocycles. The average Bonchev–Trinajstić information content (AvgIpc) is 3.01. The molecular weight excluding hydrogens is 607 g/mol. The van der Waals surface area contributed by atoms with Gasteiger partial charge in [0.15, 0.2) is 17.3 Å². The number of likely N-dealkylation sites (tertiary alicyclic amines) is 1. The number of piperidine rings is 1. The first-order valence-electron chi connectivity index (χ1n) is 14.7. The number of nitrogens with zero attached hydrogens (tertiary/aromatic N) is 1. The van der Waals surface area contributed by atoms with Gasteiger partial charge in [0.2, 0.25) is 11.7 Å². The smallest absolute Gasteiger partial charge is 0.313 e. The second kappa shape index (κ2) is 15.5. The van der Waals surface area contributed by atoms with E-state index in [1.807, 2.05) is 32.9 Å². The summed E-state index contributed by atoms with van der Waals surface area (Å²) in [4.78, 5) is 66.0. The summed E-state index contributed by atoms with van der Waals surface area (Å²) in [5.41, 5.74) is 0.635. The monoisotopic (exact) mass is 645 g/mol. The van der Waals surface area contributed by atoms with Crippen molar-refractivity contribution < 1.29 is 46.6 Å². The van der Waals surface area contributed by atoms with E-state index in [0.29, 0.717) is 24.6 Å². The summed E-state index contributed by atoms with van der Waals surface area (Å²) in [6, 6.07) is 5.93. The third-order valence-corrected chi connectivity index (χ3v) is 7.42. The molecule has 3 amide bonds. The van der Waals surface area contributed by atoms with E-state index in [1.165, 1.54) is 11.0 Å². The van der Waals surface area contributed by atoms with Gasteiger partial charge in [0, 0.05) is 30.4 Å². The number of esters is 1. The Hall–Kier alpha value is -4.68. The first-order valence-corrected chi connectivity index (χ1v) is 14.7. The fourth-order valence-corrected chi connectivity index (χ4v) is 4.93. The lowest BCUT2D eigenvalue weighted by atomic mass is 9.86. The molecule has 1 aliphatic rings. The Labute approximate surface area is 265 Å². The lowest BCUT2D eigenvalue weighted by Gasteiger charge is -2.32. The molecule has 3 rings (SSSR count). The zero-order valence-electron chi connectivity index (χ0n) is 26.2. The molecule has 1 aliphatic heterocycles. The van der Waals surface area contributed by atoms with E-state index in [9.17, 15) is 37.1 Å². The van der Waals surface area contributed by atoms with Crippen molar-refractivity contribution in [3.63, 3.8) is 0 Å². The molecule has 0 unspecified atom stereocenters. The van der Waals surface area contributed by atoms with E-state index in [1.54, 1.807) is 12.1 Å². The molecule has 0 saturated carbocycles. The largest absolute Gasteiger partial charge is 0.482 e. The van der Waals surface area contributed by atoms with Gasteiger partial charge in [-0.2, -0.15) is 4.39 Å². The van der Waals surface area contributed by atoms with E-state index >= 15 is 0 Å². The molecule has 0 spiro atoms. The van der Waals surface area contributed by atoms with Crippen LogP contribution >= 0.6 is 0 Å². The van der Waals surface area contributed by atoms with Crippen molar-refractivity contribution in [2.45, 2.75) is 58.4 Å². The highest BCUT2D eigenvalue weighted by molar-refractivity contribution is 6.39. The van der Waals surface area contributed by atoms with Crippen molar-refractivity contribution in [2.24, 2.45) is 5.92 Å². The number of halogens is 3. The summed E-state index contributed by atoms with van der Waals surface area (Å²) in [6.07, 6.45) is 1.36. The van der Waals surface area contributed by atoms with Gasteiger partial charge in [-0.15, -0.1) is 0 Å². The Balaban J connectivity index is 1.70. The van der Waals surface area contributed by atoms with Crippen LogP contribution in [0.15, 0.2) is 43.0 Å². The highest BCUT2D eigenvalue weighted by Gasteiger charge is 2.34. The van der Waals surface area contributed by atoms with Crippen LogP contribution in [0, 0.1) is 30.3 Å². The number of rotatable bonds is 11. The van der Waals surface area contributed by atoms with E-state index in [-0.39, 0.29) is 30.7 Å². The molecule has 1 fully saturated rings. The van der Waals surface area contributed by atoms with Gasteiger partial charge in [0.25, 0.3) is 0 Å². The fraction of sp³-hybridized carbons (Fsp3) is 0.424. The predicted molar refractivity (Wildman–Crippen MR) is 162 cm³/mol. The molecule has 46 heavy (non-hydrogen) atoms. The summed E-state index contributed by atoms with van der Waals surface area (Å²) >= 11 is 0. The van der Waals surface area contributed by atoms with Gasteiger partial charge in [-0.25, -0.2) is 8.78 Å². The molecule has 2 aromatic rings. The molecule has 13 heteroatoms. The first-order chi connectivity index (χ1) is 21.6. The molecule has 2 atom stereocenters. The normalized spacial score (nSPS) is 15.4. The standard InChI is InChI=1S/C33H38F3N3O7/c1-6-14-45-27(41)16-25(26(40)18-46-29-19(2)22(34)15-23(35)28(29)36)38-30(42)20-10-9-13-39(17-20)32(44)31(43)37-24-12-8-7-11-21(24)33(3,4)5/h6-8,11-12,15,20,25H,1,9-10,13-14,16-18H2,2-5H3,(H,37,43)(H,38,42)/t20-,25-/m0/s1. The van der Waals surface area contributed by atoms with Crippen LogP contribution in [0.3, 0.4) is 0 Å². The van der Waals surface area contributed by atoms with Crippen LogP contribution in [0.5, 0.6) is 5.75 Å². The van der Waals surface area contributed by atoms with E-state index in [0.717, 1.165) is 12.5 Å². The molecule has 1 heterocycles. The van der Waals surface area contributed by atoms with E-state index < -0.39 is 77.7 Å². The Morgan fingerprint density at radius 3 is 2.48 bits per heavy atom. The topological polar surface area (TPSA) is 131 Å². The number of carbonyl (C=O) groups is 5. The van der Waals surface area contributed by atoms with Crippen LogP contribution < -0.4 is 15.4 Å². The molecule has 0 aliphatic carbocycles. The van der Waals surface area contributed by atoms with Gasteiger partial charge in [0.05, 0.1) is 12.3 Å². The number of hydrogen-bond donors (Lipinski definition) is 2. The number of hydrogen-bond acceptors (Lipinski definition) is 7. The van der Waals surface area contributed by atoms with Crippen molar-refractivity contribution in [1.29, 1.82) is 0 Å². The molecule has 2 N–H and O–H groups in total. The molecule has 10 nitrogen and oxygen atoms in total. The number of amides is 3. The minimum atomic E-state index is -1.52. The quantitative estimate of drug-likeness (QED) is 0.163. The minimum absolute atomic E-state index is 0.135.